The number of aromatic nitrogens is 1. The van der Waals surface area contributed by atoms with E-state index in [1.807, 2.05) is 11.3 Å². The quantitative estimate of drug-likeness (QED) is 0.856. The topological polar surface area (TPSA) is 38.1 Å². The van der Waals surface area contributed by atoms with Crippen molar-refractivity contribution >= 4 is 11.3 Å². The highest BCUT2D eigenvalue weighted by Crippen LogP contribution is 2.40. The molecule has 0 unspecified atom stereocenters. The zero-order valence-corrected chi connectivity index (χ0v) is 11.1. The van der Waals surface area contributed by atoms with Crippen molar-refractivity contribution in [2.75, 3.05) is 13.1 Å². The van der Waals surface area contributed by atoms with E-state index in [1.54, 1.807) is 6.26 Å². The Balaban J connectivity index is 1.73. The second-order valence-electron chi connectivity index (χ2n) is 5.11. The highest BCUT2D eigenvalue weighted by Gasteiger charge is 2.26. The van der Waals surface area contributed by atoms with Gasteiger partial charge in [0.15, 0.2) is 0 Å². The van der Waals surface area contributed by atoms with Crippen molar-refractivity contribution < 1.29 is 4.42 Å². The molecule has 2 aromatic heterocycles. The third-order valence-corrected chi connectivity index (χ3v) is 5.26. The zero-order valence-electron chi connectivity index (χ0n) is 10.2. The van der Waals surface area contributed by atoms with Crippen LogP contribution in [-0.2, 0) is 12.8 Å². The van der Waals surface area contributed by atoms with Gasteiger partial charge in [0.05, 0.1) is 17.0 Å². The van der Waals surface area contributed by atoms with Crippen LogP contribution in [0.15, 0.2) is 16.7 Å². The third-order valence-electron chi connectivity index (χ3n) is 3.98. The molecule has 3 heterocycles. The summed E-state index contributed by atoms with van der Waals surface area (Å²) in [7, 11) is 0. The van der Waals surface area contributed by atoms with Gasteiger partial charge in [0.1, 0.15) is 5.76 Å². The molecule has 1 N–H and O–H groups in total. The Morgan fingerprint density at radius 3 is 3.06 bits per heavy atom. The highest BCUT2D eigenvalue weighted by molar-refractivity contribution is 7.12. The van der Waals surface area contributed by atoms with Gasteiger partial charge < -0.3 is 9.73 Å². The molecule has 2 aromatic rings. The fourth-order valence-electron chi connectivity index (χ4n) is 2.97. The molecule has 0 spiro atoms. The van der Waals surface area contributed by atoms with Crippen LogP contribution in [0.25, 0.3) is 11.3 Å². The predicted octanol–water partition coefficient (Wildman–Crippen LogP) is 2.97. The lowest BCUT2D eigenvalue weighted by Crippen LogP contribution is -2.26. The molecule has 0 radical (unpaired) electrons. The van der Waals surface area contributed by atoms with Crippen LogP contribution in [0, 0.1) is 0 Å². The molecule has 94 valence electrons. The number of hydrogen-bond acceptors (Lipinski definition) is 4. The fourth-order valence-corrected chi connectivity index (χ4v) is 4.21. The van der Waals surface area contributed by atoms with Gasteiger partial charge >= 0.3 is 0 Å². The van der Waals surface area contributed by atoms with Crippen LogP contribution in [0.1, 0.15) is 34.4 Å². The van der Waals surface area contributed by atoms with Crippen molar-refractivity contribution in [2.45, 2.75) is 31.6 Å². The lowest BCUT2D eigenvalue weighted by molar-refractivity contribution is 0.459. The Labute approximate surface area is 110 Å². The van der Waals surface area contributed by atoms with Crippen LogP contribution in [0.2, 0.25) is 0 Å². The Bertz CT molecular complexity index is 566. The standard InChI is InChI=1S/C14H16N2OS/c1-2-12-13(10-5-8-17-11(1)10)16-14(18-12)9-3-6-15-7-4-9/h5,8-9,15H,1-4,6-7H2. The summed E-state index contributed by atoms with van der Waals surface area (Å²) < 4.78 is 5.52. The van der Waals surface area contributed by atoms with E-state index in [4.69, 9.17) is 9.40 Å². The van der Waals surface area contributed by atoms with E-state index in [0.717, 1.165) is 31.7 Å². The number of nitrogens with zero attached hydrogens (tertiary/aromatic N) is 1. The van der Waals surface area contributed by atoms with E-state index in [9.17, 15) is 0 Å². The van der Waals surface area contributed by atoms with Gasteiger partial charge in [-0.2, -0.15) is 0 Å². The highest BCUT2D eigenvalue weighted by atomic mass is 32.1. The molecule has 0 aromatic carbocycles. The van der Waals surface area contributed by atoms with Gasteiger partial charge in [-0.15, -0.1) is 11.3 Å². The van der Waals surface area contributed by atoms with Gasteiger partial charge in [-0.25, -0.2) is 4.98 Å². The number of nitrogens with one attached hydrogen (secondary N) is 1. The lowest BCUT2D eigenvalue weighted by Gasteiger charge is -2.20. The summed E-state index contributed by atoms with van der Waals surface area (Å²) in [6.07, 6.45) is 6.38. The molecule has 4 rings (SSSR count). The van der Waals surface area contributed by atoms with Crippen molar-refractivity contribution in [3.63, 3.8) is 0 Å². The molecular formula is C14H16N2OS. The molecule has 1 saturated heterocycles. The van der Waals surface area contributed by atoms with Gasteiger partial charge in [0.2, 0.25) is 0 Å². The summed E-state index contributed by atoms with van der Waals surface area (Å²) >= 11 is 1.93. The van der Waals surface area contributed by atoms with Crippen molar-refractivity contribution in [1.82, 2.24) is 10.3 Å². The van der Waals surface area contributed by atoms with Crippen molar-refractivity contribution in [3.05, 3.63) is 28.0 Å². The molecule has 1 aliphatic heterocycles. The molecule has 0 amide bonds. The Kier molecular flexibility index (Phi) is 2.52. The zero-order chi connectivity index (χ0) is 11.9. The number of furan rings is 1. The first-order valence-electron chi connectivity index (χ1n) is 6.69. The first-order valence-corrected chi connectivity index (χ1v) is 7.50. The fraction of sp³-hybridized carbons (Fsp3) is 0.500. The van der Waals surface area contributed by atoms with Gasteiger partial charge in [0.25, 0.3) is 0 Å². The van der Waals surface area contributed by atoms with Crippen LogP contribution < -0.4 is 5.32 Å². The second-order valence-corrected chi connectivity index (χ2v) is 6.22. The second kappa shape index (κ2) is 4.21. The Morgan fingerprint density at radius 1 is 1.28 bits per heavy atom. The summed E-state index contributed by atoms with van der Waals surface area (Å²) in [5, 5.41) is 4.76. The molecule has 0 atom stereocenters. The minimum absolute atomic E-state index is 0.664. The van der Waals surface area contributed by atoms with Gasteiger partial charge in [-0.3, -0.25) is 0 Å². The number of thiazole rings is 1. The minimum Gasteiger partial charge on any atom is -0.469 e. The molecule has 2 aliphatic rings. The molecular weight excluding hydrogens is 244 g/mol. The number of aryl methyl sites for hydroxylation is 2. The molecule has 3 nitrogen and oxygen atoms in total. The van der Waals surface area contributed by atoms with Crippen molar-refractivity contribution in [1.29, 1.82) is 0 Å². The smallest absolute Gasteiger partial charge is 0.113 e. The van der Waals surface area contributed by atoms with E-state index in [0.29, 0.717) is 5.92 Å². The monoisotopic (exact) mass is 260 g/mol. The average molecular weight is 260 g/mol. The summed E-state index contributed by atoms with van der Waals surface area (Å²) in [6, 6.07) is 2.07. The average Bonchev–Trinajstić information content (AvgIpc) is 3.05. The summed E-state index contributed by atoms with van der Waals surface area (Å²) in [6.45, 7) is 2.26. The first-order chi connectivity index (χ1) is 8.92. The van der Waals surface area contributed by atoms with Crippen LogP contribution in [0.5, 0.6) is 0 Å². The van der Waals surface area contributed by atoms with Crippen molar-refractivity contribution in [3.8, 4) is 11.3 Å². The van der Waals surface area contributed by atoms with Gasteiger partial charge in [-0.1, -0.05) is 0 Å². The maximum atomic E-state index is 5.52. The van der Waals surface area contributed by atoms with E-state index in [2.05, 4.69) is 11.4 Å². The SMILES string of the molecule is c1cc2c(o1)CCc1sc(C3CCNCC3)nc1-2. The normalized spacial score (nSPS) is 19.6. The molecule has 1 aliphatic carbocycles. The van der Waals surface area contributed by atoms with E-state index in [1.165, 1.54) is 34.0 Å². The van der Waals surface area contributed by atoms with Crippen LogP contribution in [-0.4, -0.2) is 18.1 Å². The Morgan fingerprint density at radius 2 is 2.17 bits per heavy atom. The van der Waals surface area contributed by atoms with Crippen LogP contribution in [0.3, 0.4) is 0 Å². The number of piperidine rings is 1. The summed E-state index contributed by atoms with van der Waals surface area (Å²) in [5.41, 5.74) is 2.43. The van der Waals surface area contributed by atoms with Crippen molar-refractivity contribution in [2.24, 2.45) is 0 Å². The minimum atomic E-state index is 0.664. The van der Waals surface area contributed by atoms with Gasteiger partial charge in [0, 0.05) is 22.8 Å². The maximum Gasteiger partial charge on any atom is 0.113 e. The largest absolute Gasteiger partial charge is 0.469 e. The summed E-state index contributed by atoms with van der Waals surface area (Å²) in [4.78, 5) is 6.37. The van der Waals surface area contributed by atoms with Gasteiger partial charge in [-0.05, 0) is 38.4 Å². The third kappa shape index (κ3) is 1.63. The Hall–Kier alpha value is -1.13. The van der Waals surface area contributed by atoms with Crippen LogP contribution >= 0.6 is 11.3 Å². The molecule has 0 saturated carbocycles. The van der Waals surface area contributed by atoms with E-state index >= 15 is 0 Å². The number of fused-ring (bicyclic) bond motifs is 3. The molecule has 4 heteroatoms. The maximum absolute atomic E-state index is 5.52. The molecule has 1 fully saturated rings. The molecule has 18 heavy (non-hydrogen) atoms. The van der Waals surface area contributed by atoms with E-state index < -0.39 is 0 Å². The van der Waals surface area contributed by atoms with Crippen LogP contribution in [0.4, 0.5) is 0 Å². The summed E-state index contributed by atoms with van der Waals surface area (Å²) in [5.74, 6) is 1.78. The number of hydrogen-bond donors (Lipinski definition) is 1. The lowest BCUT2D eigenvalue weighted by atomic mass is 9.98. The molecule has 0 bridgehead atoms. The number of rotatable bonds is 1. The first kappa shape index (κ1) is 10.8. The predicted molar refractivity (Wildman–Crippen MR) is 72.1 cm³/mol. The van der Waals surface area contributed by atoms with E-state index in [-0.39, 0.29) is 0 Å².